The molecular formula is C24H15F7N2O. The van der Waals surface area contributed by atoms with E-state index in [1.807, 2.05) is 0 Å². The number of alkyl halides is 6. The third kappa shape index (κ3) is 4.66. The molecule has 0 fully saturated rings. The number of benzene rings is 2. The Morgan fingerprint density at radius 3 is 2.18 bits per heavy atom. The van der Waals surface area contributed by atoms with E-state index in [1.54, 1.807) is 18.2 Å². The van der Waals surface area contributed by atoms with E-state index in [0.29, 0.717) is 17.5 Å². The molecule has 1 unspecified atom stereocenters. The second-order valence-electron chi connectivity index (χ2n) is 7.62. The van der Waals surface area contributed by atoms with Gasteiger partial charge >= 0.3 is 12.4 Å². The number of halogens is 7. The van der Waals surface area contributed by atoms with Gasteiger partial charge in [0.15, 0.2) is 0 Å². The third-order valence-electron chi connectivity index (χ3n) is 5.41. The number of aromatic nitrogens is 2. The predicted molar refractivity (Wildman–Crippen MR) is 110 cm³/mol. The Balaban J connectivity index is 1.83. The van der Waals surface area contributed by atoms with Gasteiger partial charge in [0.05, 0.1) is 5.56 Å². The highest BCUT2D eigenvalue weighted by Crippen LogP contribution is 2.40. The molecule has 4 aromatic rings. The van der Waals surface area contributed by atoms with Gasteiger partial charge in [0.1, 0.15) is 22.8 Å². The van der Waals surface area contributed by atoms with Crippen molar-refractivity contribution in [2.75, 3.05) is 0 Å². The fraction of sp³-hybridized carbons (Fsp3) is 0.167. The van der Waals surface area contributed by atoms with Crippen LogP contribution in [0.4, 0.5) is 30.7 Å². The highest BCUT2D eigenvalue weighted by molar-refractivity contribution is 5.85. The van der Waals surface area contributed by atoms with E-state index in [2.05, 4.69) is 9.97 Å². The average Bonchev–Trinajstić information content (AvgIpc) is 2.77. The van der Waals surface area contributed by atoms with Crippen LogP contribution in [0.3, 0.4) is 0 Å². The van der Waals surface area contributed by atoms with Crippen molar-refractivity contribution >= 4 is 10.9 Å². The van der Waals surface area contributed by atoms with Gasteiger partial charge < -0.3 is 5.11 Å². The van der Waals surface area contributed by atoms with Crippen LogP contribution in [0.2, 0.25) is 0 Å². The number of aromatic hydroxyl groups is 1. The largest absolute Gasteiger partial charge is 0.505 e. The molecular weight excluding hydrogens is 465 g/mol. The monoisotopic (exact) mass is 480 g/mol. The first-order valence-electron chi connectivity index (χ1n) is 9.90. The molecule has 2 heterocycles. The Morgan fingerprint density at radius 1 is 0.824 bits per heavy atom. The van der Waals surface area contributed by atoms with E-state index in [4.69, 9.17) is 0 Å². The van der Waals surface area contributed by atoms with Crippen LogP contribution in [0.15, 0.2) is 67.0 Å². The Morgan fingerprint density at radius 2 is 1.56 bits per heavy atom. The standard InChI is InChI=1S/C24H15F7N2O/c25-19-11-15(23(26,27)28)5-7-16(19)18(10-13-3-8-20(33-12-13)24(29,30)31)17-6-4-14-2-1-9-32-21(14)22(17)34/h1-9,11-12,18,34H,10H2. The molecule has 4 rings (SSSR count). The second kappa shape index (κ2) is 8.58. The van der Waals surface area contributed by atoms with Gasteiger partial charge in [-0.3, -0.25) is 9.97 Å². The van der Waals surface area contributed by atoms with E-state index in [-0.39, 0.29) is 34.4 Å². The Labute approximate surface area is 188 Å². The lowest BCUT2D eigenvalue weighted by Gasteiger charge is -2.21. The molecule has 1 N–H and O–H groups in total. The quantitative estimate of drug-likeness (QED) is 0.324. The van der Waals surface area contributed by atoms with E-state index in [1.165, 1.54) is 12.3 Å². The fourth-order valence-electron chi connectivity index (χ4n) is 3.75. The zero-order valence-electron chi connectivity index (χ0n) is 17.1. The fourth-order valence-corrected chi connectivity index (χ4v) is 3.75. The summed E-state index contributed by atoms with van der Waals surface area (Å²) in [6.07, 6.45) is -7.16. The predicted octanol–water partition coefficient (Wildman–Crippen LogP) is 6.89. The van der Waals surface area contributed by atoms with Crippen LogP contribution in [0.1, 0.15) is 33.9 Å². The van der Waals surface area contributed by atoms with Crippen molar-refractivity contribution in [1.29, 1.82) is 0 Å². The summed E-state index contributed by atoms with van der Waals surface area (Å²) in [5, 5.41) is 11.4. The first-order valence-corrected chi connectivity index (χ1v) is 9.90. The SMILES string of the molecule is Oc1c(C(Cc2ccc(C(F)(F)F)nc2)c2ccc(C(F)(F)F)cc2F)ccc2cccnc12. The lowest BCUT2D eigenvalue weighted by molar-refractivity contribution is -0.141. The topological polar surface area (TPSA) is 46.0 Å². The van der Waals surface area contributed by atoms with E-state index >= 15 is 0 Å². The Kier molecular flexibility index (Phi) is 5.93. The third-order valence-corrected chi connectivity index (χ3v) is 5.41. The zero-order chi connectivity index (χ0) is 24.7. The maximum atomic E-state index is 14.9. The number of nitrogens with zero attached hydrogens (tertiary/aromatic N) is 2. The van der Waals surface area contributed by atoms with Gasteiger partial charge in [0.25, 0.3) is 0 Å². The van der Waals surface area contributed by atoms with Gasteiger partial charge in [0, 0.05) is 29.3 Å². The average molecular weight is 480 g/mol. The molecule has 0 saturated heterocycles. The number of phenols is 1. The maximum Gasteiger partial charge on any atom is 0.433 e. The molecule has 0 bridgehead atoms. The first-order chi connectivity index (χ1) is 15.9. The van der Waals surface area contributed by atoms with E-state index in [0.717, 1.165) is 24.4 Å². The molecule has 10 heteroatoms. The summed E-state index contributed by atoms with van der Waals surface area (Å²) in [6.45, 7) is 0. The molecule has 2 aromatic heterocycles. The van der Waals surface area contributed by atoms with Crippen molar-refractivity contribution in [3.8, 4) is 5.75 Å². The van der Waals surface area contributed by atoms with Crippen molar-refractivity contribution in [1.82, 2.24) is 9.97 Å². The molecule has 176 valence electrons. The summed E-state index contributed by atoms with van der Waals surface area (Å²) in [6, 6.07) is 10.4. The van der Waals surface area contributed by atoms with Gasteiger partial charge in [-0.1, -0.05) is 30.3 Å². The Bertz CT molecular complexity index is 1330. The van der Waals surface area contributed by atoms with Crippen molar-refractivity contribution in [3.63, 3.8) is 0 Å². The molecule has 0 amide bonds. The number of hydrogen-bond donors (Lipinski definition) is 1. The highest BCUT2D eigenvalue weighted by Gasteiger charge is 2.34. The summed E-state index contributed by atoms with van der Waals surface area (Å²) in [7, 11) is 0. The summed E-state index contributed by atoms with van der Waals surface area (Å²) < 4.78 is 92.6. The molecule has 0 aliphatic carbocycles. The molecule has 34 heavy (non-hydrogen) atoms. The Hall–Kier alpha value is -3.69. The van der Waals surface area contributed by atoms with Crippen LogP contribution < -0.4 is 0 Å². The van der Waals surface area contributed by atoms with Gasteiger partial charge in [0.2, 0.25) is 0 Å². The summed E-state index contributed by atoms with van der Waals surface area (Å²) in [5.41, 5.74) is -1.86. The molecule has 0 aliphatic rings. The molecule has 0 spiro atoms. The minimum Gasteiger partial charge on any atom is -0.505 e. The molecule has 0 radical (unpaired) electrons. The number of fused-ring (bicyclic) bond motifs is 1. The van der Waals surface area contributed by atoms with Gasteiger partial charge in [-0.25, -0.2) is 4.39 Å². The van der Waals surface area contributed by atoms with Crippen LogP contribution in [0.25, 0.3) is 10.9 Å². The zero-order valence-corrected chi connectivity index (χ0v) is 17.1. The van der Waals surface area contributed by atoms with Crippen molar-refractivity contribution in [2.24, 2.45) is 0 Å². The minimum absolute atomic E-state index is 0.140. The van der Waals surface area contributed by atoms with Gasteiger partial charge in [-0.2, -0.15) is 26.3 Å². The number of pyridine rings is 2. The van der Waals surface area contributed by atoms with Crippen LogP contribution in [-0.2, 0) is 18.8 Å². The normalized spacial score (nSPS) is 13.3. The van der Waals surface area contributed by atoms with E-state index in [9.17, 15) is 35.8 Å². The van der Waals surface area contributed by atoms with Gasteiger partial charge in [-0.05, 0) is 41.8 Å². The van der Waals surface area contributed by atoms with Crippen molar-refractivity contribution in [2.45, 2.75) is 24.7 Å². The number of rotatable bonds is 4. The van der Waals surface area contributed by atoms with Crippen LogP contribution in [0.5, 0.6) is 5.75 Å². The number of phenolic OH excluding ortho intramolecular Hbond substituents is 1. The van der Waals surface area contributed by atoms with Crippen LogP contribution in [-0.4, -0.2) is 15.1 Å². The minimum atomic E-state index is -4.76. The van der Waals surface area contributed by atoms with E-state index < -0.39 is 35.3 Å². The second-order valence-corrected chi connectivity index (χ2v) is 7.62. The molecule has 2 aromatic carbocycles. The smallest absolute Gasteiger partial charge is 0.433 e. The molecule has 1 atom stereocenters. The summed E-state index contributed by atoms with van der Waals surface area (Å²) in [5.74, 6) is -2.50. The number of hydrogen-bond acceptors (Lipinski definition) is 3. The molecule has 3 nitrogen and oxygen atoms in total. The molecule has 0 aliphatic heterocycles. The summed E-state index contributed by atoms with van der Waals surface area (Å²) in [4.78, 5) is 7.49. The lowest BCUT2D eigenvalue weighted by Crippen LogP contribution is -2.12. The van der Waals surface area contributed by atoms with Crippen molar-refractivity contribution < 1.29 is 35.8 Å². The highest BCUT2D eigenvalue weighted by atomic mass is 19.4. The molecule has 0 saturated carbocycles. The van der Waals surface area contributed by atoms with Crippen LogP contribution >= 0.6 is 0 Å². The summed E-state index contributed by atoms with van der Waals surface area (Å²) >= 11 is 0. The van der Waals surface area contributed by atoms with Crippen molar-refractivity contribution in [3.05, 3.63) is 101 Å². The maximum absolute atomic E-state index is 14.9. The first kappa shape index (κ1) is 23.5. The van der Waals surface area contributed by atoms with Crippen LogP contribution in [0, 0.1) is 5.82 Å². The lowest BCUT2D eigenvalue weighted by atomic mass is 9.84. The van der Waals surface area contributed by atoms with Gasteiger partial charge in [-0.15, -0.1) is 0 Å².